The fourth-order valence-corrected chi connectivity index (χ4v) is 3.05. The smallest absolute Gasteiger partial charge is 0.224 e. The number of hydrogen-bond acceptors (Lipinski definition) is 4. The van der Waals surface area contributed by atoms with Crippen LogP contribution in [0.5, 0.6) is 0 Å². The Morgan fingerprint density at radius 1 is 1.21 bits per heavy atom. The summed E-state index contributed by atoms with van der Waals surface area (Å²) in [6, 6.07) is 6.64. The second-order valence-corrected chi connectivity index (χ2v) is 6.72. The SMILES string of the molecule is CN1CCN(CCC(=O)N2CC(OCc3ccccc3F)C2)CC1. The number of likely N-dealkylation sites (N-methyl/N-ethyl adjacent to an activating group) is 1. The number of halogens is 1. The van der Waals surface area contributed by atoms with Gasteiger partial charge in [-0.1, -0.05) is 18.2 Å². The third-order valence-corrected chi connectivity index (χ3v) is 4.87. The van der Waals surface area contributed by atoms with Gasteiger partial charge in [0.15, 0.2) is 0 Å². The number of ether oxygens (including phenoxy) is 1. The molecule has 2 aliphatic rings. The van der Waals surface area contributed by atoms with Gasteiger partial charge < -0.3 is 19.4 Å². The van der Waals surface area contributed by atoms with Crippen LogP contribution in [0.15, 0.2) is 24.3 Å². The van der Waals surface area contributed by atoms with Crippen LogP contribution < -0.4 is 0 Å². The normalized spacial score (nSPS) is 20.2. The van der Waals surface area contributed by atoms with Crippen molar-refractivity contribution in [3.05, 3.63) is 35.6 Å². The molecule has 24 heavy (non-hydrogen) atoms. The zero-order chi connectivity index (χ0) is 16.9. The molecule has 0 atom stereocenters. The molecule has 0 spiro atoms. The molecule has 1 amide bonds. The molecule has 2 heterocycles. The fraction of sp³-hybridized carbons (Fsp3) is 0.611. The summed E-state index contributed by atoms with van der Waals surface area (Å²) in [6.45, 7) is 6.57. The number of amides is 1. The molecule has 2 fully saturated rings. The highest BCUT2D eigenvalue weighted by Crippen LogP contribution is 2.16. The molecule has 2 saturated heterocycles. The molecule has 6 heteroatoms. The maximum Gasteiger partial charge on any atom is 0.224 e. The number of carbonyl (C=O) groups excluding carboxylic acids is 1. The molecule has 132 valence electrons. The Morgan fingerprint density at radius 3 is 2.62 bits per heavy atom. The number of nitrogens with zero attached hydrogens (tertiary/aromatic N) is 3. The summed E-state index contributed by atoms with van der Waals surface area (Å²) in [4.78, 5) is 18.7. The molecule has 2 aliphatic heterocycles. The lowest BCUT2D eigenvalue weighted by atomic mass is 10.1. The van der Waals surface area contributed by atoms with Crippen LogP contribution in [0.2, 0.25) is 0 Å². The van der Waals surface area contributed by atoms with Crippen LogP contribution in [-0.4, -0.2) is 79.6 Å². The topological polar surface area (TPSA) is 36.0 Å². The van der Waals surface area contributed by atoms with Crippen molar-refractivity contribution < 1.29 is 13.9 Å². The zero-order valence-electron chi connectivity index (χ0n) is 14.3. The Bertz CT molecular complexity index is 555. The van der Waals surface area contributed by atoms with E-state index in [2.05, 4.69) is 16.8 Å². The van der Waals surface area contributed by atoms with E-state index in [0.29, 0.717) is 25.1 Å². The molecule has 0 aromatic heterocycles. The number of benzene rings is 1. The standard InChI is InChI=1S/C18H26FN3O2/c1-20-8-10-21(11-9-20)7-6-18(23)22-12-16(13-22)24-14-15-4-2-3-5-17(15)19/h2-5,16H,6-14H2,1H3. The molecule has 0 aliphatic carbocycles. The van der Waals surface area contributed by atoms with Crippen LogP contribution in [-0.2, 0) is 16.1 Å². The molecule has 1 aromatic rings. The van der Waals surface area contributed by atoms with E-state index in [-0.39, 0.29) is 24.4 Å². The number of hydrogen-bond donors (Lipinski definition) is 0. The Kier molecular flexibility index (Phi) is 5.81. The van der Waals surface area contributed by atoms with Gasteiger partial charge in [0, 0.05) is 57.8 Å². The lowest BCUT2D eigenvalue weighted by molar-refractivity contribution is -0.146. The van der Waals surface area contributed by atoms with E-state index in [1.807, 2.05) is 4.90 Å². The quantitative estimate of drug-likeness (QED) is 0.782. The lowest BCUT2D eigenvalue weighted by Crippen LogP contribution is -2.55. The molecule has 0 bridgehead atoms. The van der Waals surface area contributed by atoms with Crippen molar-refractivity contribution in [2.24, 2.45) is 0 Å². The predicted octanol–water partition coefficient (Wildman–Crippen LogP) is 1.19. The first-order valence-electron chi connectivity index (χ1n) is 8.65. The predicted molar refractivity (Wildman–Crippen MR) is 90.1 cm³/mol. The number of piperazine rings is 1. The van der Waals surface area contributed by atoms with Gasteiger partial charge in [0.25, 0.3) is 0 Å². The van der Waals surface area contributed by atoms with Gasteiger partial charge in [-0.25, -0.2) is 4.39 Å². The third-order valence-electron chi connectivity index (χ3n) is 4.87. The zero-order valence-corrected chi connectivity index (χ0v) is 14.3. The second kappa shape index (κ2) is 8.05. The van der Waals surface area contributed by atoms with E-state index in [1.54, 1.807) is 18.2 Å². The number of likely N-dealkylation sites (tertiary alicyclic amines) is 1. The highest BCUT2D eigenvalue weighted by atomic mass is 19.1. The highest BCUT2D eigenvalue weighted by Gasteiger charge is 2.31. The van der Waals surface area contributed by atoms with E-state index < -0.39 is 0 Å². The van der Waals surface area contributed by atoms with Crippen molar-refractivity contribution in [1.29, 1.82) is 0 Å². The van der Waals surface area contributed by atoms with Crippen molar-refractivity contribution in [1.82, 2.24) is 14.7 Å². The maximum absolute atomic E-state index is 13.5. The molecule has 1 aromatic carbocycles. The molecule has 0 saturated carbocycles. The van der Waals surface area contributed by atoms with Gasteiger partial charge in [-0.15, -0.1) is 0 Å². The second-order valence-electron chi connectivity index (χ2n) is 6.72. The van der Waals surface area contributed by atoms with Gasteiger partial charge in [0.05, 0.1) is 12.7 Å². The van der Waals surface area contributed by atoms with Crippen molar-refractivity contribution in [3.63, 3.8) is 0 Å². The van der Waals surface area contributed by atoms with Gasteiger partial charge in [0.2, 0.25) is 5.91 Å². The van der Waals surface area contributed by atoms with Crippen LogP contribution >= 0.6 is 0 Å². The van der Waals surface area contributed by atoms with Gasteiger partial charge >= 0.3 is 0 Å². The average molecular weight is 335 g/mol. The van der Waals surface area contributed by atoms with Gasteiger partial charge in [0.1, 0.15) is 5.82 Å². The minimum absolute atomic E-state index is 0.0252. The van der Waals surface area contributed by atoms with E-state index in [9.17, 15) is 9.18 Å². The van der Waals surface area contributed by atoms with Crippen molar-refractivity contribution in [3.8, 4) is 0 Å². The summed E-state index contributed by atoms with van der Waals surface area (Å²) >= 11 is 0. The third kappa shape index (κ3) is 4.53. The molecule has 0 unspecified atom stereocenters. The first kappa shape index (κ1) is 17.3. The van der Waals surface area contributed by atoms with E-state index >= 15 is 0 Å². The largest absolute Gasteiger partial charge is 0.370 e. The number of carbonyl (C=O) groups is 1. The van der Waals surface area contributed by atoms with Crippen LogP contribution in [0, 0.1) is 5.82 Å². The van der Waals surface area contributed by atoms with Gasteiger partial charge in [-0.05, 0) is 13.1 Å². The summed E-state index contributed by atoms with van der Waals surface area (Å²) in [5.74, 6) is -0.0448. The molecule has 3 rings (SSSR count). The van der Waals surface area contributed by atoms with Crippen LogP contribution in [0.4, 0.5) is 4.39 Å². The van der Waals surface area contributed by atoms with Crippen molar-refractivity contribution in [2.45, 2.75) is 19.1 Å². The van der Waals surface area contributed by atoms with E-state index in [0.717, 1.165) is 32.7 Å². The van der Waals surface area contributed by atoms with E-state index in [1.165, 1.54) is 6.07 Å². The molecular weight excluding hydrogens is 309 g/mol. The Labute approximate surface area is 143 Å². The summed E-state index contributed by atoms with van der Waals surface area (Å²) in [5, 5.41) is 0. The molecular formula is C18H26FN3O2. The Balaban J connectivity index is 1.31. The summed E-state index contributed by atoms with van der Waals surface area (Å²) in [7, 11) is 2.13. The lowest BCUT2D eigenvalue weighted by Gasteiger charge is -2.39. The van der Waals surface area contributed by atoms with Crippen LogP contribution in [0.1, 0.15) is 12.0 Å². The number of rotatable bonds is 6. The maximum atomic E-state index is 13.5. The summed E-state index contributed by atoms with van der Waals surface area (Å²) < 4.78 is 19.2. The summed E-state index contributed by atoms with van der Waals surface area (Å²) in [6.07, 6.45) is 0.598. The van der Waals surface area contributed by atoms with Crippen LogP contribution in [0.25, 0.3) is 0 Å². The summed E-state index contributed by atoms with van der Waals surface area (Å²) in [5.41, 5.74) is 0.567. The van der Waals surface area contributed by atoms with Gasteiger partial charge in [-0.3, -0.25) is 4.79 Å². The van der Waals surface area contributed by atoms with Crippen molar-refractivity contribution in [2.75, 3.05) is 52.9 Å². The van der Waals surface area contributed by atoms with Crippen molar-refractivity contribution >= 4 is 5.91 Å². The first-order valence-corrected chi connectivity index (χ1v) is 8.65. The first-order chi connectivity index (χ1) is 11.6. The monoisotopic (exact) mass is 335 g/mol. The highest BCUT2D eigenvalue weighted by molar-refractivity contribution is 5.77. The Hall–Kier alpha value is -1.50. The molecule has 0 N–H and O–H groups in total. The minimum Gasteiger partial charge on any atom is -0.370 e. The Morgan fingerprint density at radius 2 is 1.92 bits per heavy atom. The average Bonchev–Trinajstić information content (AvgIpc) is 2.54. The fourth-order valence-electron chi connectivity index (χ4n) is 3.05. The molecule has 5 nitrogen and oxygen atoms in total. The van der Waals surface area contributed by atoms with Crippen LogP contribution in [0.3, 0.4) is 0 Å². The molecule has 0 radical (unpaired) electrons. The minimum atomic E-state index is -0.239. The van der Waals surface area contributed by atoms with E-state index in [4.69, 9.17) is 4.74 Å². The van der Waals surface area contributed by atoms with Gasteiger partial charge in [-0.2, -0.15) is 0 Å².